The highest BCUT2D eigenvalue weighted by atomic mass is 35.5. The first-order valence-electron chi connectivity index (χ1n) is 7.82. The summed E-state index contributed by atoms with van der Waals surface area (Å²) in [5.41, 5.74) is 2.24. The molecule has 2 amide bonds. The van der Waals surface area contributed by atoms with Gasteiger partial charge in [-0.2, -0.15) is 0 Å². The number of benzene rings is 2. The second-order valence-corrected chi connectivity index (χ2v) is 6.01. The van der Waals surface area contributed by atoms with Crippen LogP contribution in [0.1, 0.15) is 12.8 Å². The van der Waals surface area contributed by atoms with E-state index in [2.05, 4.69) is 10.6 Å². The summed E-state index contributed by atoms with van der Waals surface area (Å²) in [6, 6.07) is 14.5. The molecule has 0 aromatic heterocycles. The standard InChI is InChI=1S/C18H18ClN3O2/c19-13-5-3-6-14(11-13)21-17(23)12-20-15-7-1-2-8-16(15)22-10-4-9-18(22)24/h1-3,5-8,11,20H,4,9-10,12H2,(H,21,23). The van der Waals surface area contributed by atoms with E-state index < -0.39 is 0 Å². The lowest BCUT2D eigenvalue weighted by Gasteiger charge is -2.20. The summed E-state index contributed by atoms with van der Waals surface area (Å²) < 4.78 is 0. The van der Waals surface area contributed by atoms with Crippen LogP contribution in [0.5, 0.6) is 0 Å². The number of rotatable bonds is 5. The van der Waals surface area contributed by atoms with Crippen LogP contribution in [-0.4, -0.2) is 24.9 Å². The van der Waals surface area contributed by atoms with Crippen molar-refractivity contribution in [3.63, 3.8) is 0 Å². The number of nitrogens with zero attached hydrogens (tertiary/aromatic N) is 1. The Hall–Kier alpha value is -2.53. The summed E-state index contributed by atoms with van der Waals surface area (Å²) in [4.78, 5) is 25.8. The van der Waals surface area contributed by atoms with Gasteiger partial charge in [-0.1, -0.05) is 29.8 Å². The van der Waals surface area contributed by atoms with E-state index in [9.17, 15) is 9.59 Å². The predicted molar refractivity (Wildman–Crippen MR) is 96.6 cm³/mol. The first-order valence-corrected chi connectivity index (χ1v) is 8.20. The van der Waals surface area contributed by atoms with Crippen molar-refractivity contribution in [2.75, 3.05) is 28.6 Å². The van der Waals surface area contributed by atoms with E-state index in [0.717, 1.165) is 17.8 Å². The highest BCUT2D eigenvalue weighted by molar-refractivity contribution is 6.30. The quantitative estimate of drug-likeness (QED) is 0.873. The molecular formula is C18H18ClN3O2. The summed E-state index contributed by atoms with van der Waals surface area (Å²) in [6.07, 6.45) is 1.44. The Labute approximate surface area is 145 Å². The van der Waals surface area contributed by atoms with Gasteiger partial charge in [0, 0.05) is 23.7 Å². The Morgan fingerprint density at radius 2 is 2.00 bits per heavy atom. The highest BCUT2D eigenvalue weighted by Crippen LogP contribution is 2.29. The molecule has 1 saturated heterocycles. The van der Waals surface area contributed by atoms with E-state index in [1.165, 1.54) is 0 Å². The second-order valence-electron chi connectivity index (χ2n) is 5.58. The van der Waals surface area contributed by atoms with Gasteiger partial charge in [-0.05, 0) is 36.8 Å². The maximum Gasteiger partial charge on any atom is 0.243 e. The van der Waals surface area contributed by atoms with Gasteiger partial charge in [0.15, 0.2) is 0 Å². The molecule has 0 saturated carbocycles. The van der Waals surface area contributed by atoms with Gasteiger partial charge in [0.25, 0.3) is 0 Å². The van der Waals surface area contributed by atoms with Gasteiger partial charge in [-0.25, -0.2) is 0 Å². The SMILES string of the molecule is O=C(CNc1ccccc1N1CCCC1=O)Nc1cccc(Cl)c1. The summed E-state index contributed by atoms with van der Waals surface area (Å²) in [5.74, 6) is -0.0625. The number of nitrogens with one attached hydrogen (secondary N) is 2. The molecule has 24 heavy (non-hydrogen) atoms. The van der Waals surface area contributed by atoms with Gasteiger partial charge in [-0.15, -0.1) is 0 Å². The lowest BCUT2D eigenvalue weighted by Crippen LogP contribution is -2.26. The Balaban J connectivity index is 1.64. The van der Waals surface area contributed by atoms with Crippen LogP contribution in [-0.2, 0) is 9.59 Å². The summed E-state index contributed by atoms with van der Waals surface area (Å²) >= 11 is 5.90. The minimum atomic E-state index is -0.181. The molecule has 1 aliphatic heterocycles. The molecule has 0 bridgehead atoms. The fourth-order valence-electron chi connectivity index (χ4n) is 2.71. The van der Waals surface area contributed by atoms with E-state index >= 15 is 0 Å². The molecule has 6 heteroatoms. The fraction of sp³-hybridized carbons (Fsp3) is 0.222. The molecule has 0 radical (unpaired) electrons. The molecule has 0 aliphatic carbocycles. The number of halogens is 1. The van der Waals surface area contributed by atoms with Crippen molar-refractivity contribution in [2.45, 2.75) is 12.8 Å². The third-order valence-corrected chi connectivity index (χ3v) is 4.05. The lowest BCUT2D eigenvalue weighted by atomic mass is 10.2. The molecule has 2 aromatic rings. The molecule has 0 unspecified atom stereocenters. The minimum absolute atomic E-state index is 0.103. The minimum Gasteiger partial charge on any atom is -0.374 e. The van der Waals surface area contributed by atoms with E-state index in [0.29, 0.717) is 23.7 Å². The predicted octanol–water partition coefficient (Wildman–Crippen LogP) is 3.52. The molecule has 5 nitrogen and oxygen atoms in total. The van der Waals surface area contributed by atoms with Crippen LogP contribution in [0.25, 0.3) is 0 Å². The highest BCUT2D eigenvalue weighted by Gasteiger charge is 2.23. The van der Waals surface area contributed by atoms with Gasteiger partial charge in [0.05, 0.1) is 17.9 Å². The molecule has 1 aliphatic rings. The molecule has 0 spiro atoms. The van der Waals surface area contributed by atoms with Crippen molar-refractivity contribution in [1.82, 2.24) is 0 Å². The van der Waals surface area contributed by atoms with Crippen LogP contribution in [0, 0.1) is 0 Å². The first kappa shape index (κ1) is 16.3. The van der Waals surface area contributed by atoms with E-state index in [1.807, 2.05) is 24.3 Å². The van der Waals surface area contributed by atoms with E-state index in [-0.39, 0.29) is 18.4 Å². The largest absolute Gasteiger partial charge is 0.374 e. The Morgan fingerprint density at radius 1 is 1.17 bits per heavy atom. The van der Waals surface area contributed by atoms with Gasteiger partial charge in [-0.3, -0.25) is 9.59 Å². The van der Waals surface area contributed by atoms with E-state index in [4.69, 9.17) is 11.6 Å². The summed E-state index contributed by atoms with van der Waals surface area (Å²) in [5, 5.41) is 6.46. The third kappa shape index (κ3) is 3.86. The van der Waals surface area contributed by atoms with Gasteiger partial charge < -0.3 is 15.5 Å². The first-order chi connectivity index (χ1) is 11.6. The molecular weight excluding hydrogens is 326 g/mol. The van der Waals surface area contributed by atoms with Crippen LogP contribution in [0.4, 0.5) is 17.1 Å². The Morgan fingerprint density at radius 3 is 2.75 bits per heavy atom. The van der Waals surface area contributed by atoms with Crippen LogP contribution >= 0.6 is 11.6 Å². The fourth-order valence-corrected chi connectivity index (χ4v) is 2.90. The average molecular weight is 344 g/mol. The van der Waals surface area contributed by atoms with Gasteiger partial charge in [0.2, 0.25) is 11.8 Å². The van der Waals surface area contributed by atoms with Crippen molar-refractivity contribution < 1.29 is 9.59 Å². The molecule has 2 aromatic carbocycles. The molecule has 1 fully saturated rings. The van der Waals surface area contributed by atoms with Gasteiger partial charge in [0.1, 0.15) is 0 Å². The summed E-state index contributed by atoms with van der Waals surface area (Å²) in [6.45, 7) is 0.817. The zero-order valence-electron chi connectivity index (χ0n) is 13.1. The normalized spacial score (nSPS) is 13.9. The number of amides is 2. The number of carbonyl (C=O) groups is 2. The van der Waals surface area contributed by atoms with Crippen molar-refractivity contribution in [3.05, 3.63) is 53.6 Å². The van der Waals surface area contributed by atoms with Crippen LogP contribution in [0.15, 0.2) is 48.5 Å². The topological polar surface area (TPSA) is 61.4 Å². The Bertz CT molecular complexity index is 763. The molecule has 124 valence electrons. The maximum absolute atomic E-state index is 12.1. The van der Waals surface area contributed by atoms with Crippen LogP contribution < -0.4 is 15.5 Å². The van der Waals surface area contributed by atoms with Crippen LogP contribution in [0.2, 0.25) is 5.02 Å². The monoisotopic (exact) mass is 343 g/mol. The Kier molecular flexibility index (Phi) is 5.01. The van der Waals surface area contributed by atoms with Crippen molar-refractivity contribution in [3.8, 4) is 0 Å². The van der Waals surface area contributed by atoms with Crippen molar-refractivity contribution in [2.24, 2.45) is 0 Å². The lowest BCUT2D eigenvalue weighted by molar-refractivity contribution is -0.117. The molecule has 2 N–H and O–H groups in total. The van der Waals surface area contributed by atoms with Crippen molar-refractivity contribution in [1.29, 1.82) is 0 Å². The maximum atomic E-state index is 12.1. The zero-order valence-corrected chi connectivity index (χ0v) is 13.8. The number of carbonyl (C=O) groups excluding carboxylic acids is 2. The second kappa shape index (κ2) is 7.36. The van der Waals surface area contributed by atoms with E-state index in [1.54, 1.807) is 29.2 Å². The van der Waals surface area contributed by atoms with Crippen molar-refractivity contribution >= 4 is 40.5 Å². The number of para-hydroxylation sites is 2. The molecule has 3 rings (SSSR count). The zero-order chi connectivity index (χ0) is 16.9. The van der Waals surface area contributed by atoms with Crippen LogP contribution in [0.3, 0.4) is 0 Å². The average Bonchev–Trinajstić information content (AvgIpc) is 2.99. The number of hydrogen-bond donors (Lipinski definition) is 2. The molecule has 1 heterocycles. The molecule has 0 atom stereocenters. The smallest absolute Gasteiger partial charge is 0.243 e. The third-order valence-electron chi connectivity index (χ3n) is 3.82. The number of hydrogen-bond acceptors (Lipinski definition) is 3. The summed E-state index contributed by atoms with van der Waals surface area (Å²) in [7, 11) is 0. The number of anilines is 3. The van der Waals surface area contributed by atoms with Gasteiger partial charge >= 0.3 is 0 Å².